The van der Waals surface area contributed by atoms with Crippen LogP contribution in [0.15, 0.2) is 65.9 Å². The molecule has 3 rings (SSSR count). The fraction of sp³-hybridized carbons (Fsp3) is 0.227. The Hall–Kier alpha value is -3.82. The third-order valence-corrected chi connectivity index (χ3v) is 4.58. The molecular formula is C22H19F3N2O5. The Kier molecular flexibility index (Phi) is 6.82. The van der Waals surface area contributed by atoms with E-state index >= 15 is 0 Å². The van der Waals surface area contributed by atoms with Crippen molar-refractivity contribution in [1.82, 2.24) is 10.6 Å². The maximum Gasteiger partial charge on any atom is 0.416 e. The molecule has 0 aliphatic carbocycles. The largest absolute Gasteiger partial charge is 0.463 e. The van der Waals surface area contributed by atoms with Crippen LogP contribution in [0.3, 0.4) is 0 Å². The van der Waals surface area contributed by atoms with Gasteiger partial charge in [-0.2, -0.15) is 13.2 Å². The molecule has 0 fully saturated rings. The van der Waals surface area contributed by atoms with E-state index in [9.17, 15) is 27.6 Å². The molecule has 0 radical (unpaired) electrons. The third kappa shape index (κ3) is 5.26. The summed E-state index contributed by atoms with van der Waals surface area (Å²) in [6, 6.07) is 10.7. The van der Waals surface area contributed by atoms with E-state index < -0.39 is 42.4 Å². The highest BCUT2D eigenvalue weighted by Gasteiger charge is 2.34. The molecule has 2 amide bonds. The van der Waals surface area contributed by atoms with Crippen LogP contribution in [-0.2, 0) is 20.4 Å². The normalized spacial score (nSPS) is 16.1. The molecule has 1 aliphatic heterocycles. The number of alkyl halides is 3. The van der Waals surface area contributed by atoms with Gasteiger partial charge in [-0.25, -0.2) is 14.4 Å². The van der Waals surface area contributed by atoms with Gasteiger partial charge < -0.3 is 20.1 Å². The molecule has 1 unspecified atom stereocenters. The zero-order chi connectivity index (χ0) is 23.3. The van der Waals surface area contributed by atoms with Crippen molar-refractivity contribution in [3.05, 3.63) is 82.6 Å². The molecule has 32 heavy (non-hydrogen) atoms. The molecule has 0 spiro atoms. The van der Waals surface area contributed by atoms with Gasteiger partial charge in [0.2, 0.25) is 0 Å². The Morgan fingerprint density at radius 3 is 2.22 bits per heavy atom. The van der Waals surface area contributed by atoms with E-state index in [0.717, 1.165) is 24.3 Å². The summed E-state index contributed by atoms with van der Waals surface area (Å²) in [7, 11) is 0. The van der Waals surface area contributed by atoms with Gasteiger partial charge in [0.15, 0.2) is 0 Å². The Morgan fingerprint density at radius 2 is 1.62 bits per heavy atom. The molecule has 2 N–H and O–H groups in total. The second kappa shape index (κ2) is 9.54. The van der Waals surface area contributed by atoms with E-state index in [1.807, 2.05) is 0 Å². The van der Waals surface area contributed by atoms with E-state index in [4.69, 9.17) is 9.47 Å². The Labute approximate surface area is 181 Å². The number of esters is 2. The van der Waals surface area contributed by atoms with Crippen molar-refractivity contribution >= 4 is 18.0 Å². The summed E-state index contributed by atoms with van der Waals surface area (Å²) in [4.78, 5) is 37.1. The van der Waals surface area contributed by atoms with Crippen molar-refractivity contribution in [3.8, 4) is 0 Å². The zero-order valence-electron chi connectivity index (χ0n) is 16.9. The minimum absolute atomic E-state index is 0.0151. The summed E-state index contributed by atoms with van der Waals surface area (Å²) in [6.45, 7) is 1.20. The van der Waals surface area contributed by atoms with Crippen molar-refractivity contribution in [3.63, 3.8) is 0 Å². The van der Waals surface area contributed by atoms with E-state index in [1.165, 1.54) is 0 Å². The smallest absolute Gasteiger partial charge is 0.416 e. The lowest BCUT2D eigenvalue weighted by Gasteiger charge is -2.29. The lowest BCUT2D eigenvalue weighted by molar-refractivity contribution is -0.139. The molecule has 2 aromatic carbocycles. The molecule has 0 aromatic heterocycles. The first-order valence-electron chi connectivity index (χ1n) is 9.57. The SMILES string of the molecule is CCOC(=O)C1=C(COC(=O)c2ccc(C(F)(F)F)cc2)NC(=O)NC1c1ccccc1. The minimum Gasteiger partial charge on any atom is -0.463 e. The fourth-order valence-corrected chi connectivity index (χ4v) is 3.09. The minimum atomic E-state index is -4.53. The van der Waals surface area contributed by atoms with Crippen LogP contribution < -0.4 is 10.6 Å². The van der Waals surface area contributed by atoms with E-state index in [0.29, 0.717) is 5.56 Å². The lowest BCUT2D eigenvalue weighted by atomic mass is 9.95. The van der Waals surface area contributed by atoms with Gasteiger partial charge in [-0.05, 0) is 36.8 Å². The Balaban J connectivity index is 1.86. The van der Waals surface area contributed by atoms with Crippen molar-refractivity contribution in [2.45, 2.75) is 19.1 Å². The number of hydrogen-bond acceptors (Lipinski definition) is 5. The third-order valence-electron chi connectivity index (χ3n) is 4.58. The average Bonchev–Trinajstić information content (AvgIpc) is 2.77. The van der Waals surface area contributed by atoms with Crippen molar-refractivity contribution in [2.75, 3.05) is 13.2 Å². The van der Waals surface area contributed by atoms with Crippen LogP contribution in [0.2, 0.25) is 0 Å². The Bertz CT molecular complexity index is 1030. The van der Waals surface area contributed by atoms with Gasteiger partial charge in [-0.3, -0.25) is 0 Å². The molecule has 1 atom stereocenters. The molecule has 0 saturated heterocycles. The lowest BCUT2D eigenvalue weighted by Crippen LogP contribution is -2.47. The van der Waals surface area contributed by atoms with Gasteiger partial charge >= 0.3 is 24.1 Å². The number of benzene rings is 2. The first kappa shape index (κ1) is 22.9. The summed E-state index contributed by atoms with van der Waals surface area (Å²) in [5, 5.41) is 5.08. The van der Waals surface area contributed by atoms with Gasteiger partial charge in [-0.15, -0.1) is 0 Å². The van der Waals surface area contributed by atoms with Crippen LogP contribution in [0.4, 0.5) is 18.0 Å². The standard InChI is InChI=1S/C22H19F3N2O5/c1-2-31-20(29)17-16(26-21(30)27-18(17)13-6-4-3-5-7-13)12-32-19(28)14-8-10-15(11-9-14)22(23,24)25/h3-11,18H,2,12H2,1H3,(H2,26,27,30). The first-order valence-corrected chi connectivity index (χ1v) is 9.57. The van der Waals surface area contributed by atoms with E-state index in [-0.39, 0.29) is 23.4 Å². The van der Waals surface area contributed by atoms with Crippen LogP contribution in [0.5, 0.6) is 0 Å². The fourth-order valence-electron chi connectivity index (χ4n) is 3.09. The van der Waals surface area contributed by atoms with Crippen LogP contribution in [0, 0.1) is 0 Å². The highest BCUT2D eigenvalue weighted by atomic mass is 19.4. The van der Waals surface area contributed by atoms with Gasteiger partial charge in [0.1, 0.15) is 6.61 Å². The molecule has 7 nitrogen and oxygen atoms in total. The molecule has 10 heteroatoms. The number of amides is 2. The zero-order valence-corrected chi connectivity index (χ0v) is 16.9. The maximum absolute atomic E-state index is 12.7. The number of rotatable bonds is 6. The van der Waals surface area contributed by atoms with E-state index in [2.05, 4.69) is 10.6 Å². The topological polar surface area (TPSA) is 93.7 Å². The number of ether oxygens (including phenoxy) is 2. The second-order valence-electron chi connectivity index (χ2n) is 6.71. The summed E-state index contributed by atoms with van der Waals surface area (Å²) in [5.41, 5.74) is -0.343. The van der Waals surface area contributed by atoms with Crippen molar-refractivity contribution < 1.29 is 37.0 Å². The molecule has 1 aliphatic rings. The number of urea groups is 1. The van der Waals surface area contributed by atoms with Gasteiger partial charge in [-0.1, -0.05) is 30.3 Å². The van der Waals surface area contributed by atoms with Crippen LogP contribution in [0.1, 0.15) is 34.5 Å². The predicted molar refractivity (Wildman–Crippen MR) is 106 cm³/mol. The summed E-state index contributed by atoms with van der Waals surface area (Å²) < 4.78 is 48.3. The first-order chi connectivity index (χ1) is 15.2. The molecule has 168 valence electrons. The maximum atomic E-state index is 12.7. The molecule has 0 bridgehead atoms. The monoisotopic (exact) mass is 448 g/mol. The number of halogens is 3. The summed E-state index contributed by atoms with van der Waals surface area (Å²) in [5.74, 6) is -1.63. The quantitative estimate of drug-likeness (QED) is 0.657. The number of carbonyl (C=O) groups is 3. The summed E-state index contributed by atoms with van der Waals surface area (Å²) in [6.07, 6.45) is -4.53. The number of nitrogens with one attached hydrogen (secondary N) is 2. The van der Waals surface area contributed by atoms with Crippen molar-refractivity contribution in [2.24, 2.45) is 0 Å². The van der Waals surface area contributed by atoms with Gasteiger partial charge in [0.25, 0.3) is 0 Å². The predicted octanol–water partition coefficient (Wildman–Crippen LogP) is 3.73. The number of hydrogen-bond donors (Lipinski definition) is 2. The molecule has 1 heterocycles. The highest BCUT2D eigenvalue weighted by Crippen LogP contribution is 2.30. The molecule has 0 saturated carbocycles. The molecule has 2 aromatic rings. The van der Waals surface area contributed by atoms with Crippen LogP contribution >= 0.6 is 0 Å². The van der Waals surface area contributed by atoms with Crippen molar-refractivity contribution in [1.29, 1.82) is 0 Å². The second-order valence-corrected chi connectivity index (χ2v) is 6.71. The van der Waals surface area contributed by atoms with Crippen LogP contribution in [-0.4, -0.2) is 31.2 Å². The Morgan fingerprint density at radius 1 is 0.969 bits per heavy atom. The highest BCUT2D eigenvalue weighted by molar-refractivity contribution is 5.95. The summed E-state index contributed by atoms with van der Waals surface area (Å²) >= 11 is 0. The number of carbonyl (C=O) groups excluding carboxylic acids is 3. The van der Waals surface area contributed by atoms with E-state index in [1.54, 1.807) is 37.3 Å². The van der Waals surface area contributed by atoms with Gasteiger partial charge in [0, 0.05) is 0 Å². The molecular weight excluding hydrogens is 429 g/mol. The van der Waals surface area contributed by atoms with Crippen LogP contribution in [0.25, 0.3) is 0 Å². The average molecular weight is 448 g/mol. The van der Waals surface area contributed by atoms with Gasteiger partial charge in [0.05, 0.1) is 35.0 Å².